The summed E-state index contributed by atoms with van der Waals surface area (Å²) >= 11 is 0. The highest BCUT2D eigenvalue weighted by molar-refractivity contribution is 5.84. The van der Waals surface area contributed by atoms with Crippen molar-refractivity contribution < 1.29 is 4.79 Å². The second-order valence-corrected chi connectivity index (χ2v) is 5.00. The van der Waals surface area contributed by atoms with E-state index in [0.717, 1.165) is 48.4 Å². The molecular formula is C15H16N2O. The van der Waals surface area contributed by atoms with Gasteiger partial charge >= 0.3 is 0 Å². The standard InChI is InChI=1S/C15H16N2O/c1-11-7-8-17-13(10-18)15(16-14(17)9-11)12-5-3-2-4-6-12/h2-6,10-11H,7-9H2,1H3. The Kier molecular flexibility index (Phi) is 2.74. The van der Waals surface area contributed by atoms with E-state index in [0.29, 0.717) is 5.92 Å². The van der Waals surface area contributed by atoms with Crippen molar-refractivity contribution in [3.63, 3.8) is 0 Å². The van der Waals surface area contributed by atoms with Crippen molar-refractivity contribution in [3.05, 3.63) is 41.9 Å². The van der Waals surface area contributed by atoms with Crippen LogP contribution in [0.1, 0.15) is 29.7 Å². The molecule has 92 valence electrons. The molecule has 1 unspecified atom stereocenters. The van der Waals surface area contributed by atoms with Gasteiger partial charge in [0.1, 0.15) is 11.5 Å². The molecule has 1 aliphatic rings. The topological polar surface area (TPSA) is 34.9 Å². The number of fused-ring (bicyclic) bond motifs is 1. The first-order chi connectivity index (χ1) is 8.79. The largest absolute Gasteiger partial charge is 0.325 e. The Hall–Kier alpha value is -1.90. The van der Waals surface area contributed by atoms with Crippen LogP contribution in [0.4, 0.5) is 0 Å². The molecule has 1 aliphatic heterocycles. The Morgan fingerprint density at radius 1 is 1.33 bits per heavy atom. The molecule has 1 aromatic carbocycles. The Balaban J connectivity index is 2.14. The third kappa shape index (κ3) is 1.76. The Morgan fingerprint density at radius 3 is 2.83 bits per heavy atom. The molecule has 3 rings (SSSR count). The van der Waals surface area contributed by atoms with Crippen LogP contribution >= 0.6 is 0 Å². The molecule has 0 saturated carbocycles. The van der Waals surface area contributed by atoms with Crippen molar-refractivity contribution in [1.29, 1.82) is 0 Å². The normalized spacial score (nSPS) is 18.4. The van der Waals surface area contributed by atoms with Crippen LogP contribution in [0.2, 0.25) is 0 Å². The highest BCUT2D eigenvalue weighted by atomic mass is 16.1. The lowest BCUT2D eigenvalue weighted by molar-refractivity contribution is 0.111. The van der Waals surface area contributed by atoms with E-state index in [4.69, 9.17) is 0 Å². The van der Waals surface area contributed by atoms with Crippen LogP contribution in [0.15, 0.2) is 30.3 Å². The number of nitrogens with zero attached hydrogens (tertiary/aromatic N) is 2. The number of carbonyl (C=O) groups is 1. The quantitative estimate of drug-likeness (QED) is 0.756. The molecule has 3 heteroatoms. The Bertz CT molecular complexity index is 572. The van der Waals surface area contributed by atoms with Gasteiger partial charge in [0.2, 0.25) is 0 Å². The van der Waals surface area contributed by atoms with Crippen LogP contribution in [-0.2, 0) is 13.0 Å². The fourth-order valence-electron chi connectivity index (χ4n) is 2.61. The van der Waals surface area contributed by atoms with Crippen LogP contribution in [0.5, 0.6) is 0 Å². The fourth-order valence-corrected chi connectivity index (χ4v) is 2.61. The average molecular weight is 240 g/mol. The molecule has 18 heavy (non-hydrogen) atoms. The van der Waals surface area contributed by atoms with Gasteiger partial charge in [0.05, 0.1) is 5.69 Å². The van der Waals surface area contributed by atoms with Gasteiger partial charge in [-0.25, -0.2) is 4.98 Å². The van der Waals surface area contributed by atoms with Gasteiger partial charge in [-0.05, 0) is 12.3 Å². The summed E-state index contributed by atoms with van der Waals surface area (Å²) in [5.74, 6) is 1.71. The zero-order valence-electron chi connectivity index (χ0n) is 10.5. The van der Waals surface area contributed by atoms with Gasteiger partial charge in [0.15, 0.2) is 6.29 Å². The second kappa shape index (κ2) is 4.41. The molecule has 1 aromatic heterocycles. The summed E-state index contributed by atoms with van der Waals surface area (Å²) in [6, 6.07) is 9.94. The van der Waals surface area contributed by atoms with Crippen LogP contribution in [-0.4, -0.2) is 15.8 Å². The molecule has 2 heterocycles. The summed E-state index contributed by atoms with van der Waals surface area (Å²) in [4.78, 5) is 16.0. The van der Waals surface area contributed by atoms with Crippen LogP contribution in [0, 0.1) is 5.92 Å². The maximum atomic E-state index is 11.4. The maximum absolute atomic E-state index is 11.4. The van der Waals surface area contributed by atoms with Gasteiger partial charge in [-0.2, -0.15) is 0 Å². The minimum Gasteiger partial charge on any atom is -0.325 e. The Morgan fingerprint density at radius 2 is 2.11 bits per heavy atom. The van der Waals surface area contributed by atoms with Gasteiger partial charge in [0, 0.05) is 18.5 Å². The number of aromatic nitrogens is 2. The lowest BCUT2D eigenvalue weighted by Gasteiger charge is -2.20. The monoisotopic (exact) mass is 240 g/mol. The third-order valence-electron chi connectivity index (χ3n) is 3.62. The van der Waals surface area contributed by atoms with Gasteiger partial charge in [0.25, 0.3) is 0 Å². The summed E-state index contributed by atoms with van der Waals surface area (Å²) < 4.78 is 2.08. The zero-order valence-corrected chi connectivity index (χ0v) is 10.5. The van der Waals surface area contributed by atoms with E-state index in [1.54, 1.807) is 0 Å². The number of hydrogen-bond donors (Lipinski definition) is 0. The van der Waals surface area contributed by atoms with Gasteiger partial charge in [-0.15, -0.1) is 0 Å². The zero-order chi connectivity index (χ0) is 12.5. The van der Waals surface area contributed by atoms with Crippen molar-refractivity contribution in [2.75, 3.05) is 0 Å². The van der Waals surface area contributed by atoms with Crippen LogP contribution in [0.25, 0.3) is 11.3 Å². The first-order valence-electron chi connectivity index (χ1n) is 6.39. The van der Waals surface area contributed by atoms with E-state index >= 15 is 0 Å². The van der Waals surface area contributed by atoms with E-state index in [1.807, 2.05) is 30.3 Å². The third-order valence-corrected chi connectivity index (χ3v) is 3.62. The number of imidazole rings is 1. The van der Waals surface area contributed by atoms with Gasteiger partial charge in [-0.1, -0.05) is 37.3 Å². The number of benzene rings is 1. The van der Waals surface area contributed by atoms with Crippen LogP contribution < -0.4 is 0 Å². The molecular weight excluding hydrogens is 224 g/mol. The molecule has 3 nitrogen and oxygen atoms in total. The second-order valence-electron chi connectivity index (χ2n) is 5.00. The van der Waals surface area contributed by atoms with E-state index in [-0.39, 0.29) is 0 Å². The number of rotatable bonds is 2. The number of carbonyl (C=O) groups excluding carboxylic acids is 1. The smallest absolute Gasteiger partial charge is 0.168 e. The van der Waals surface area contributed by atoms with E-state index in [9.17, 15) is 4.79 Å². The van der Waals surface area contributed by atoms with Gasteiger partial charge < -0.3 is 4.57 Å². The summed E-state index contributed by atoms with van der Waals surface area (Å²) in [5.41, 5.74) is 2.58. The highest BCUT2D eigenvalue weighted by Crippen LogP contribution is 2.28. The fraction of sp³-hybridized carbons (Fsp3) is 0.333. The van der Waals surface area contributed by atoms with E-state index in [2.05, 4.69) is 16.5 Å². The molecule has 0 spiro atoms. The predicted octanol–water partition coefficient (Wildman–Crippen LogP) is 2.94. The molecule has 0 amide bonds. The van der Waals surface area contributed by atoms with Crippen molar-refractivity contribution in [1.82, 2.24) is 9.55 Å². The van der Waals surface area contributed by atoms with Crippen LogP contribution in [0.3, 0.4) is 0 Å². The maximum Gasteiger partial charge on any atom is 0.168 e. The number of aldehydes is 1. The van der Waals surface area contributed by atoms with E-state index < -0.39 is 0 Å². The van der Waals surface area contributed by atoms with Crippen molar-refractivity contribution in [2.45, 2.75) is 26.3 Å². The summed E-state index contributed by atoms with van der Waals surface area (Å²) in [6.45, 7) is 3.14. The Labute approximate surface area is 106 Å². The highest BCUT2D eigenvalue weighted by Gasteiger charge is 2.22. The number of hydrogen-bond acceptors (Lipinski definition) is 2. The first kappa shape index (κ1) is 11.2. The lowest BCUT2D eigenvalue weighted by atomic mass is 10.0. The lowest BCUT2D eigenvalue weighted by Crippen LogP contribution is -2.18. The summed E-state index contributed by atoms with van der Waals surface area (Å²) in [5, 5.41) is 0. The van der Waals surface area contributed by atoms with Crippen molar-refractivity contribution in [2.24, 2.45) is 5.92 Å². The SMILES string of the molecule is CC1CCn2c(nc(-c3ccccc3)c2C=O)C1. The first-order valence-corrected chi connectivity index (χ1v) is 6.39. The van der Waals surface area contributed by atoms with Crippen molar-refractivity contribution in [3.8, 4) is 11.3 Å². The minimum atomic E-state index is 0.656. The molecule has 2 aromatic rings. The van der Waals surface area contributed by atoms with Crippen molar-refractivity contribution >= 4 is 6.29 Å². The summed E-state index contributed by atoms with van der Waals surface area (Å²) in [7, 11) is 0. The average Bonchev–Trinajstić information content (AvgIpc) is 2.77. The molecule has 1 atom stereocenters. The molecule has 0 radical (unpaired) electrons. The van der Waals surface area contributed by atoms with Gasteiger partial charge in [-0.3, -0.25) is 4.79 Å². The molecule has 0 saturated heterocycles. The predicted molar refractivity (Wildman–Crippen MR) is 70.5 cm³/mol. The minimum absolute atomic E-state index is 0.656. The molecule has 0 fully saturated rings. The molecule has 0 bridgehead atoms. The van der Waals surface area contributed by atoms with E-state index in [1.165, 1.54) is 0 Å². The molecule has 0 aliphatic carbocycles. The molecule has 0 N–H and O–H groups in total. The summed E-state index contributed by atoms with van der Waals surface area (Å²) in [6.07, 6.45) is 3.03.